The van der Waals surface area contributed by atoms with Crippen molar-refractivity contribution in [2.45, 2.75) is 69.6 Å². The van der Waals surface area contributed by atoms with Gasteiger partial charge in [-0.3, -0.25) is 4.90 Å². The van der Waals surface area contributed by atoms with E-state index in [4.69, 9.17) is 10.5 Å². The maximum atomic E-state index is 6.15. The molecule has 1 saturated heterocycles. The van der Waals surface area contributed by atoms with Crippen molar-refractivity contribution in [1.29, 1.82) is 0 Å². The zero-order valence-electron chi connectivity index (χ0n) is 11.5. The molecule has 0 radical (unpaired) electrons. The van der Waals surface area contributed by atoms with Crippen LogP contribution in [0.2, 0.25) is 0 Å². The van der Waals surface area contributed by atoms with Crippen molar-refractivity contribution in [3.8, 4) is 0 Å². The second kappa shape index (κ2) is 5.68. The van der Waals surface area contributed by atoms with Crippen LogP contribution in [0.5, 0.6) is 0 Å². The zero-order chi connectivity index (χ0) is 12.3. The molecule has 0 bridgehead atoms. The highest BCUT2D eigenvalue weighted by Gasteiger charge is 2.44. The number of hydrogen-bond acceptors (Lipinski definition) is 3. The first-order chi connectivity index (χ1) is 8.25. The molecule has 3 atom stereocenters. The number of nitrogens with two attached hydrogens (primary N) is 1. The number of likely N-dealkylation sites (tertiary alicyclic amines) is 1. The summed E-state index contributed by atoms with van der Waals surface area (Å²) in [6.07, 6.45) is 9.26. The van der Waals surface area contributed by atoms with E-state index in [-0.39, 0.29) is 5.54 Å². The third-order valence-corrected chi connectivity index (χ3v) is 4.95. The molecule has 3 unspecified atom stereocenters. The van der Waals surface area contributed by atoms with E-state index in [1.807, 2.05) is 7.11 Å². The number of ether oxygens (including phenoxy) is 1. The number of nitrogens with zero attached hydrogens (tertiary/aromatic N) is 1. The van der Waals surface area contributed by atoms with Gasteiger partial charge in [0.25, 0.3) is 0 Å². The quantitative estimate of drug-likeness (QED) is 0.818. The van der Waals surface area contributed by atoms with Crippen molar-refractivity contribution in [2.24, 2.45) is 5.73 Å². The molecule has 2 N–H and O–H groups in total. The molecular weight excluding hydrogens is 212 g/mol. The molecular formula is C14H28N2O. The van der Waals surface area contributed by atoms with Gasteiger partial charge in [0.15, 0.2) is 0 Å². The summed E-state index contributed by atoms with van der Waals surface area (Å²) < 4.78 is 5.59. The number of methoxy groups -OCH3 is 1. The van der Waals surface area contributed by atoms with E-state index in [2.05, 4.69) is 11.8 Å². The minimum absolute atomic E-state index is 0.232. The first-order valence-electron chi connectivity index (χ1n) is 7.25. The molecule has 3 nitrogen and oxygen atoms in total. The van der Waals surface area contributed by atoms with Crippen LogP contribution in [0.1, 0.15) is 51.9 Å². The Hall–Kier alpha value is -0.120. The smallest absolute Gasteiger partial charge is 0.0589 e. The summed E-state index contributed by atoms with van der Waals surface area (Å²) in [5, 5.41) is 0. The molecule has 0 amide bonds. The monoisotopic (exact) mass is 240 g/mol. The predicted molar refractivity (Wildman–Crippen MR) is 71.1 cm³/mol. The van der Waals surface area contributed by atoms with Gasteiger partial charge < -0.3 is 10.5 Å². The second-order valence-electron chi connectivity index (χ2n) is 5.78. The van der Waals surface area contributed by atoms with Gasteiger partial charge in [0.2, 0.25) is 0 Å². The van der Waals surface area contributed by atoms with Crippen LogP contribution < -0.4 is 5.73 Å². The third-order valence-electron chi connectivity index (χ3n) is 4.95. The molecule has 1 aliphatic heterocycles. The van der Waals surface area contributed by atoms with Crippen molar-refractivity contribution in [1.82, 2.24) is 4.90 Å². The lowest BCUT2D eigenvalue weighted by Crippen LogP contribution is -2.58. The van der Waals surface area contributed by atoms with E-state index in [0.29, 0.717) is 6.10 Å². The van der Waals surface area contributed by atoms with Gasteiger partial charge >= 0.3 is 0 Å². The Labute approximate surface area is 106 Å². The Kier molecular flexibility index (Phi) is 4.45. The van der Waals surface area contributed by atoms with E-state index in [0.717, 1.165) is 19.0 Å². The fraction of sp³-hybridized carbons (Fsp3) is 1.00. The van der Waals surface area contributed by atoms with Gasteiger partial charge in [-0.25, -0.2) is 0 Å². The van der Waals surface area contributed by atoms with Crippen molar-refractivity contribution < 1.29 is 4.74 Å². The summed E-state index contributed by atoms with van der Waals surface area (Å²) in [7, 11) is 1.85. The summed E-state index contributed by atoms with van der Waals surface area (Å²) in [4.78, 5) is 2.72. The Balaban J connectivity index is 2.12. The van der Waals surface area contributed by atoms with Gasteiger partial charge in [-0.15, -0.1) is 0 Å². The van der Waals surface area contributed by atoms with Crippen molar-refractivity contribution >= 4 is 0 Å². The largest absolute Gasteiger partial charge is 0.381 e. The van der Waals surface area contributed by atoms with Gasteiger partial charge in [-0.2, -0.15) is 0 Å². The van der Waals surface area contributed by atoms with Crippen LogP contribution in [-0.2, 0) is 4.74 Å². The van der Waals surface area contributed by atoms with Crippen LogP contribution in [0.4, 0.5) is 0 Å². The molecule has 0 aromatic rings. The Morgan fingerprint density at radius 2 is 2.18 bits per heavy atom. The first-order valence-corrected chi connectivity index (χ1v) is 7.25. The highest BCUT2D eigenvalue weighted by molar-refractivity contribution is 5.01. The van der Waals surface area contributed by atoms with Crippen LogP contribution in [0.15, 0.2) is 0 Å². The van der Waals surface area contributed by atoms with Crippen LogP contribution in [0, 0.1) is 0 Å². The summed E-state index contributed by atoms with van der Waals surface area (Å²) in [6.45, 7) is 4.35. The van der Waals surface area contributed by atoms with Crippen LogP contribution in [0.3, 0.4) is 0 Å². The van der Waals surface area contributed by atoms with Gasteiger partial charge in [0, 0.05) is 25.2 Å². The molecule has 1 aliphatic carbocycles. The average molecular weight is 240 g/mol. The highest BCUT2D eigenvalue weighted by Crippen LogP contribution is 2.39. The molecule has 0 aromatic heterocycles. The minimum atomic E-state index is 0.232. The number of rotatable bonds is 4. The van der Waals surface area contributed by atoms with Crippen molar-refractivity contribution in [3.05, 3.63) is 0 Å². The molecule has 1 saturated carbocycles. The van der Waals surface area contributed by atoms with Gasteiger partial charge in [-0.1, -0.05) is 6.92 Å². The first kappa shape index (κ1) is 13.3. The second-order valence-corrected chi connectivity index (χ2v) is 5.78. The Morgan fingerprint density at radius 1 is 1.35 bits per heavy atom. The normalized spacial score (nSPS) is 39.7. The fourth-order valence-corrected chi connectivity index (χ4v) is 3.94. The van der Waals surface area contributed by atoms with E-state index < -0.39 is 0 Å². The van der Waals surface area contributed by atoms with Gasteiger partial charge in [-0.05, 0) is 51.5 Å². The topological polar surface area (TPSA) is 38.5 Å². The summed E-state index contributed by atoms with van der Waals surface area (Å²) in [6, 6.07) is 0.758. The lowest BCUT2D eigenvalue weighted by Gasteiger charge is -2.48. The van der Waals surface area contributed by atoms with Crippen LogP contribution >= 0.6 is 0 Å². The lowest BCUT2D eigenvalue weighted by atomic mass is 9.78. The molecule has 17 heavy (non-hydrogen) atoms. The Morgan fingerprint density at radius 3 is 2.82 bits per heavy atom. The maximum Gasteiger partial charge on any atom is 0.0589 e. The molecule has 1 heterocycles. The van der Waals surface area contributed by atoms with E-state index in [1.165, 1.54) is 45.1 Å². The zero-order valence-corrected chi connectivity index (χ0v) is 11.5. The molecule has 0 spiro atoms. The van der Waals surface area contributed by atoms with Crippen molar-refractivity contribution in [2.75, 3.05) is 20.2 Å². The highest BCUT2D eigenvalue weighted by atomic mass is 16.5. The fourth-order valence-electron chi connectivity index (χ4n) is 3.94. The molecule has 0 aromatic carbocycles. The summed E-state index contributed by atoms with van der Waals surface area (Å²) in [5.41, 5.74) is 6.39. The minimum Gasteiger partial charge on any atom is -0.381 e. The third kappa shape index (κ3) is 2.51. The van der Waals surface area contributed by atoms with Gasteiger partial charge in [0.1, 0.15) is 0 Å². The van der Waals surface area contributed by atoms with E-state index in [1.54, 1.807) is 0 Å². The molecule has 2 rings (SSSR count). The molecule has 2 fully saturated rings. The maximum absolute atomic E-state index is 6.15. The van der Waals surface area contributed by atoms with Crippen LogP contribution in [0.25, 0.3) is 0 Å². The van der Waals surface area contributed by atoms with E-state index >= 15 is 0 Å². The summed E-state index contributed by atoms with van der Waals surface area (Å²) in [5.74, 6) is 0. The van der Waals surface area contributed by atoms with Crippen molar-refractivity contribution in [3.63, 3.8) is 0 Å². The van der Waals surface area contributed by atoms with Crippen LogP contribution in [-0.4, -0.2) is 42.8 Å². The number of hydrogen-bond donors (Lipinski definition) is 1. The molecule has 100 valence electrons. The van der Waals surface area contributed by atoms with E-state index in [9.17, 15) is 0 Å². The molecule has 3 heteroatoms. The lowest BCUT2D eigenvalue weighted by molar-refractivity contribution is -0.0279. The predicted octanol–water partition coefficient (Wildman–Crippen LogP) is 2.15. The molecule has 2 aliphatic rings. The Bertz CT molecular complexity index is 246. The standard InChI is InChI=1S/C14H28N2O/c1-3-12-6-5-9-16(12)14(11-15)8-4-7-13(10-14)17-2/h12-13H,3-11,15H2,1-2H3. The summed E-state index contributed by atoms with van der Waals surface area (Å²) >= 11 is 0. The SMILES string of the molecule is CCC1CCCN1C1(CN)CCCC(OC)C1. The average Bonchev–Trinajstić information content (AvgIpc) is 2.87. The van der Waals surface area contributed by atoms with Gasteiger partial charge in [0.05, 0.1) is 6.10 Å².